The fourth-order valence-electron chi connectivity index (χ4n) is 5.12. The highest BCUT2D eigenvalue weighted by molar-refractivity contribution is 5.64. The van der Waals surface area contributed by atoms with Gasteiger partial charge >= 0.3 is 0 Å². The van der Waals surface area contributed by atoms with Crippen molar-refractivity contribution >= 4 is 11.8 Å². The molecule has 4 heterocycles. The molecule has 3 aromatic rings. The Morgan fingerprint density at radius 3 is 2.50 bits per heavy atom. The van der Waals surface area contributed by atoms with Crippen molar-refractivity contribution in [2.75, 3.05) is 23.3 Å². The minimum Gasteiger partial charge on any atom is -0.364 e. The highest BCUT2D eigenvalue weighted by Gasteiger charge is 2.45. The molecule has 0 spiro atoms. The Hall–Kier alpha value is -2.99. The quantitative estimate of drug-likeness (QED) is 0.615. The van der Waals surface area contributed by atoms with Gasteiger partial charge in [0.25, 0.3) is 0 Å². The molecule has 2 aliphatic rings. The molecule has 0 amide bonds. The summed E-state index contributed by atoms with van der Waals surface area (Å²) in [6.45, 7) is 10.9. The molecule has 2 aliphatic heterocycles. The van der Waals surface area contributed by atoms with Crippen LogP contribution in [0.3, 0.4) is 0 Å². The highest BCUT2D eigenvalue weighted by Crippen LogP contribution is 2.35. The summed E-state index contributed by atoms with van der Waals surface area (Å²) in [5.41, 5.74) is 4.24. The van der Waals surface area contributed by atoms with Gasteiger partial charge in [-0.05, 0) is 57.9 Å². The second-order valence-electron chi connectivity index (χ2n) is 9.39. The number of nitrogens with zero attached hydrogens (tertiary/aromatic N) is 5. The van der Waals surface area contributed by atoms with Crippen LogP contribution in [0.4, 0.5) is 11.8 Å². The minimum atomic E-state index is 0.172. The van der Waals surface area contributed by atoms with Crippen LogP contribution in [0.25, 0.3) is 11.3 Å². The first kappa shape index (κ1) is 20.9. The second-order valence-corrected chi connectivity index (χ2v) is 9.39. The standard InChI is InChI=1S/C26H32N6/c1-17(2)31-15-23-14-22(31)16-32(23)26-28-18(3)12-24(30-26)21-10-11-27-25(13-21)29-19(4)20-8-6-5-7-9-20/h5-13,17,19,22-23H,14-16H2,1-4H3,(H,27,29). The van der Waals surface area contributed by atoms with Gasteiger partial charge in [0.1, 0.15) is 5.82 Å². The second kappa shape index (κ2) is 8.51. The van der Waals surface area contributed by atoms with Crippen molar-refractivity contribution in [3.05, 3.63) is 66.0 Å². The van der Waals surface area contributed by atoms with Gasteiger partial charge in [-0.15, -0.1) is 0 Å². The van der Waals surface area contributed by atoms with E-state index in [4.69, 9.17) is 9.97 Å². The van der Waals surface area contributed by atoms with E-state index in [9.17, 15) is 0 Å². The molecule has 1 N–H and O–H groups in total. The molecule has 0 radical (unpaired) electrons. The summed E-state index contributed by atoms with van der Waals surface area (Å²) in [6, 6.07) is 18.5. The number of pyridine rings is 1. The molecule has 5 rings (SSSR count). The first-order chi connectivity index (χ1) is 15.5. The van der Waals surface area contributed by atoms with E-state index in [2.05, 4.69) is 84.2 Å². The zero-order valence-corrected chi connectivity index (χ0v) is 19.4. The third-order valence-corrected chi connectivity index (χ3v) is 6.77. The number of anilines is 2. The number of fused-ring (bicyclic) bond motifs is 2. The molecule has 1 aromatic carbocycles. The Kier molecular flexibility index (Phi) is 5.55. The summed E-state index contributed by atoms with van der Waals surface area (Å²) in [5, 5.41) is 3.52. The number of aromatic nitrogens is 3. The third-order valence-electron chi connectivity index (χ3n) is 6.77. The fraction of sp³-hybridized carbons (Fsp3) is 0.423. The van der Waals surface area contributed by atoms with Crippen LogP contribution in [0.5, 0.6) is 0 Å². The number of nitrogens with one attached hydrogen (secondary N) is 1. The van der Waals surface area contributed by atoms with Gasteiger partial charge in [0.15, 0.2) is 0 Å². The lowest BCUT2D eigenvalue weighted by Gasteiger charge is -2.36. The van der Waals surface area contributed by atoms with Gasteiger partial charge in [-0.1, -0.05) is 30.3 Å². The molecule has 32 heavy (non-hydrogen) atoms. The van der Waals surface area contributed by atoms with Crippen LogP contribution >= 0.6 is 0 Å². The predicted molar refractivity (Wildman–Crippen MR) is 130 cm³/mol. The van der Waals surface area contributed by atoms with Crippen LogP contribution in [0, 0.1) is 6.92 Å². The molecular formula is C26H32N6. The van der Waals surface area contributed by atoms with E-state index in [0.717, 1.165) is 41.8 Å². The Labute approximate surface area is 190 Å². The van der Waals surface area contributed by atoms with Crippen LogP contribution in [0.15, 0.2) is 54.7 Å². The first-order valence-electron chi connectivity index (χ1n) is 11.6. The van der Waals surface area contributed by atoms with Gasteiger partial charge in [-0.25, -0.2) is 15.0 Å². The van der Waals surface area contributed by atoms with Crippen LogP contribution in [-0.2, 0) is 0 Å². The monoisotopic (exact) mass is 428 g/mol. The predicted octanol–water partition coefficient (Wildman–Crippen LogP) is 4.69. The van der Waals surface area contributed by atoms with E-state index in [1.165, 1.54) is 12.0 Å². The van der Waals surface area contributed by atoms with Gasteiger partial charge in [0.05, 0.1) is 5.69 Å². The van der Waals surface area contributed by atoms with E-state index in [-0.39, 0.29) is 6.04 Å². The number of hydrogen-bond acceptors (Lipinski definition) is 6. The number of piperazine rings is 1. The van der Waals surface area contributed by atoms with E-state index < -0.39 is 0 Å². The molecule has 6 nitrogen and oxygen atoms in total. The summed E-state index contributed by atoms with van der Waals surface area (Å²) in [4.78, 5) is 19.4. The number of likely N-dealkylation sites (tertiary alicyclic amines) is 1. The van der Waals surface area contributed by atoms with Crippen molar-refractivity contribution in [1.29, 1.82) is 0 Å². The van der Waals surface area contributed by atoms with Crippen molar-refractivity contribution in [2.24, 2.45) is 0 Å². The Morgan fingerprint density at radius 1 is 0.969 bits per heavy atom. The lowest BCUT2D eigenvalue weighted by molar-refractivity contribution is 0.190. The largest absolute Gasteiger partial charge is 0.364 e. The van der Waals surface area contributed by atoms with Crippen LogP contribution in [-0.4, -0.2) is 51.1 Å². The fourth-order valence-corrected chi connectivity index (χ4v) is 5.12. The summed E-state index contributed by atoms with van der Waals surface area (Å²) < 4.78 is 0. The number of hydrogen-bond donors (Lipinski definition) is 1. The molecule has 0 saturated carbocycles. The molecule has 0 aliphatic carbocycles. The summed E-state index contributed by atoms with van der Waals surface area (Å²) >= 11 is 0. The van der Waals surface area contributed by atoms with Gasteiger partial charge in [-0.3, -0.25) is 4.90 Å². The van der Waals surface area contributed by atoms with Crippen molar-refractivity contribution in [3.8, 4) is 11.3 Å². The highest BCUT2D eigenvalue weighted by atomic mass is 15.4. The van der Waals surface area contributed by atoms with Crippen molar-refractivity contribution in [1.82, 2.24) is 19.9 Å². The molecule has 166 valence electrons. The lowest BCUT2D eigenvalue weighted by Crippen LogP contribution is -2.49. The summed E-state index contributed by atoms with van der Waals surface area (Å²) in [6.07, 6.45) is 3.07. The van der Waals surface area contributed by atoms with Crippen LogP contribution < -0.4 is 10.2 Å². The SMILES string of the molecule is Cc1cc(-c2ccnc(NC(C)c3ccccc3)c2)nc(N2CC3CC2CN3C(C)C)n1. The van der Waals surface area contributed by atoms with E-state index in [0.29, 0.717) is 18.1 Å². The molecule has 2 saturated heterocycles. The molecule has 2 fully saturated rings. The maximum atomic E-state index is 4.99. The van der Waals surface area contributed by atoms with Crippen molar-refractivity contribution in [2.45, 2.75) is 58.3 Å². The molecule has 2 bridgehead atoms. The maximum Gasteiger partial charge on any atom is 0.226 e. The van der Waals surface area contributed by atoms with Gasteiger partial charge in [0.2, 0.25) is 5.95 Å². The first-order valence-corrected chi connectivity index (χ1v) is 11.6. The van der Waals surface area contributed by atoms with Crippen LogP contribution in [0.1, 0.15) is 44.5 Å². The van der Waals surface area contributed by atoms with E-state index in [1.54, 1.807) is 0 Å². The Morgan fingerprint density at radius 2 is 1.78 bits per heavy atom. The van der Waals surface area contributed by atoms with Gasteiger partial charge in [-0.2, -0.15) is 0 Å². The summed E-state index contributed by atoms with van der Waals surface area (Å²) in [7, 11) is 0. The molecular weight excluding hydrogens is 396 g/mol. The lowest BCUT2D eigenvalue weighted by atomic mass is 10.1. The maximum absolute atomic E-state index is 4.99. The molecule has 6 heteroatoms. The topological polar surface area (TPSA) is 57.2 Å². The zero-order chi connectivity index (χ0) is 22.2. The van der Waals surface area contributed by atoms with E-state index in [1.807, 2.05) is 18.3 Å². The van der Waals surface area contributed by atoms with E-state index >= 15 is 0 Å². The third kappa shape index (κ3) is 4.07. The van der Waals surface area contributed by atoms with Gasteiger partial charge in [0, 0.05) is 54.7 Å². The Bertz CT molecular complexity index is 1080. The Balaban J connectivity index is 1.37. The van der Waals surface area contributed by atoms with Crippen molar-refractivity contribution < 1.29 is 0 Å². The molecule has 3 unspecified atom stereocenters. The smallest absolute Gasteiger partial charge is 0.226 e. The number of benzene rings is 1. The molecule has 3 atom stereocenters. The molecule has 2 aromatic heterocycles. The average molecular weight is 429 g/mol. The normalized spacial score (nSPS) is 21.3. The number of aryl methyl sites for hydroxylation is 1. The average Bonchev–Trinajstić information content (AvgIpc) is 3.41. The number of rotatable bonds is 6. The summed E-state index contributed by atoms with van der Waals surface area (Å²) in [5.74, 6) is 1.71. The zero-order valence-electron chi connectivity index (χ0n) is 19.4. The van der Waals surface area contributed by atoms with Gasteiger partial charge < -0.3 is 10.2 Å². The van der Waals surface area contributed by atoms with Crippen molar-refractivity contribution in [3.63, 3.8) is 0 Å². The van der Waals surface area contributed by atoms with Crippen LogP contribution in [0.2, 0.25) is 0 Å². The minimum absolute atomic E-state index is 0.172.